The standard InChI is InChI=1S/C20H23Cl2N3O5S/c1-4-30-20(27)17-12(2)18(23-13(17)3)19(26)24-7-9-25(10-8-24)31(28,29)14-5-6-15(21)16(22)11-14/h5-6,11,23H,4,7-10H2,1-3H3. The van der Waals surface area contributed by atoms with Gasteiger partial charge in [0.15, 0.2) is 0 Å². The average molecular weight is 488 g/mol. The number of hydrogen-bond donors (Lipinski definition) is 1. The van der Waals surface area contributed by atoms with E-state index in [1.165, 1.54) is 22.5 Å². The van der Waals surface area contributed by atoms with E-state index < -0.39 is 16.0 Å². The van der Waals surface area contributed by atoms with Crippen LogP contribution in [-0.2, 0) is 14.8 Å². The number of piperazine rings is 1. The van der Waals surface area contributed by atoms with Crippen molar-refractivity contribution in [1.82, 2.24) is 14.2 Å². The van der Waals surface area contributed by atoms with E-state index in [1.54, 1.807) is 25.7 Å². The SMILES string of the molecule is CCOC(=O)c1c(C)[nH]c(C(=O)N2CCN(S(=O)(=O)c3ccc(Cl)c(Cl)c3)CC2)c1C. The number of H-pyrrole nitrogens is 1. The molecule has 0 unspecified atom stereocenters. The van der Waals surface area contributed by atoms with E-state index in [2.05, 4.69) is 4.98 Å². The number of ether oxygens (including phenoxy) is 1. The van der Waals surface area contributed by atoms with Gasteiger partial charge in [-0.15, -0.1) is 0 Å². The molecule has 11 heteroatoms. The second-order valence-electron chi connectivity index (χ2n) is 7.12. The molecule has 168 valence electrons. The number of aromatic amines is 1. The van der Waals surface area contributed by atoms with Gasteiger partial charge in [-0.1, -0.05) is 23.2 Å². The first-order valence-electron chi connectivity index (χ1n) is 9.68. The molecule has 8 nitrogen and oxygen atoms in total. The summed E-state index contributed by atoms with van der Waals surface area (Å²) in [5, 5.41) is 0.432. The molecule has 0 spiro atoms. The molecule has 31 heavy (non-hydrogen) atoms. The largest absolute Gasteiger partial charge is 0.462 e. The van der Waals surface area contributed by atoms with Gasteiger partial charge in [-0.2, -0.15) is 4.31 Å². The number of aryl methyl sites for hydroxylation is 1. The monoisotopic (exact) mass is 487 g/mol. The Balaban J connectivity index is 1.74. The van der Waals surface area contributed by atoms with Crippen LogP contribution in [0.15, 0.2) is 23.1 Å². The van der Waals surface area contributed by atoms with E-state index in [0.717, 1.165) is 0 Å². The molecule has 3 rings (SSSR count). The van der Waals surface area contributed by atoms with Crippen molar-refractivity contribution in [2.45, 2.75) is 25.7 Å². The second-order valence-corrected chi connectivity index (χ2v) is 9.87. The highest BCUT2D eigenvalue weighted by Gasteiger charge is 2.32. The van der Waals surface area contributed by atoms with Gasteiger partial charge in [0.1, 0.15) is 5.69 Å². The van der Waals surface area contributed by atoms with E-state index in [0.29, 0.717) is 22.5 Å². The molecule has 2 heterocycles. The molecule has 1 fully saturated rings. The van der Waals surface area contributed by atoms with Crippen LogP contribution in [0, 0.1) is 13.8 Å². The predicted molar refractivity (Wildman–Crippen MR) is 117 cm³/mol. The van der Waals surface area contributed by atoms with E-state index in [1.807, 2.05) is 0 Å². The number of carbonyl (C=O) groups excluding carboxylic acids is 2. The van der Waals surface area contributed by atoms with Gasteiger partial charge in [0, 0.05) is 31.9 Å². The zero-order chi connectivity index (χ0) is 22.9. The van der Waals surface area contributed by atoms with Crippen molar-refractivity contribution < 1.29 is 22.7 Å². The summed E-state index contributed by atoms with van der Waals surface area (Å²) in [5.74, 6) is -0.770. The van der Waals surface area contributed by atoms with Gasteiger partial charge >= 0.3 is 5.97 Å². The molecule has 0 atom stereocenters. The molecule has 1 N–H and O–H groups in total. The number of amides is 1. The van der Waals surface area contributed by atoms with Gasteiger partial charge in [0.2, 0.25) is 10.0 Å². The number of rotatable bonds is 5. The maximum atomic E-state index is 13.0. The van der Waals surface area contributed by atoms with Crippen LogP contribution in [0.25, 0.3) is 0 Å². The number of aromatic nitrogens is 1. The van der Waals surface area contributed by atoms with Crippen molar-refractivity contribution >= 4 is 45.1 Å². The molecule has 0 bridgehead atoms. The van der Waals surface area contributed by atoms with Crippen LogP contribution in [0.5, 0.6) is 0 Å². The highest BCUT2D eigenvalue weighted by atomic mass is 35.5. The third-order valence-corrected chi connectivity index (χ3v) is 7.82. The molecule has 1 saturated heterocycles. The van der Waals surface area contributed by atoms with Gasteiger partial charge in [-0.25, -0.2) is 13.2 Å². The van der Waals surface area contributed by atoms with Crippen LogP contribution >= 0.6 is 23.2 Å². The predicted octanol–water partition coefficient (Wildman–Crippen LogP) is 3.26. The quantitative estimate of drug-likeness (QED) is 0.652. The fraction of sp³-hybridized carbons (Fsp3) is 0.400. The van der Waals surface area contributed by atoms with Crippen LogP contribution in [-0.4, -0.2) is 67.3 Å². The molecule has 1 aliphatic rings. The summed E-state index contributed by atoms with van der Waals surface area (Å²) in [6.45, 7) is 6.05. The molecular weight excluding hydrogens is 465 g/mol. The average Bonchev–Trinajstić information content (AvgIpc) is 3.03. The zero-order valence-corrected chi connectivity index (χ0v) is 19.7. The fourth-order valence-electron chi connectivity index (χ4n) is 3.55. The molecule has 1 aromatic carbocycles. The molecule has 1 amide bonds. The van der Waals surface area contributed by atoms with E-state index >= 15 is 0 Å². The lowest BCUT2D eigenvalue weighted by Crippen LogP contribution is -2.50. The lowest BCUT2D eigenvalue weighted by Gasteiger charge is -2.34. The van der Waals surface area contributed by atoms with E-state index in [9.17, 15) is 18.0 Å². The van der Waals surface area contributed by atoms with Crippen molar-refractivity contribution in [3.05, 3.63) is 50.8 Å². The van der Waals surface area contributed by atoms with Crippen LogP contribution in [0.2, 0.25) is 10.0 Å². The molecule has 1 aliphatic heterocycles. The Morgan fingerprint density at radius 3 is 2.32 bits per heavy atom. The topological polar surface area (TPSA) is 99.8 Å². The Kier molecular flexibility index (Phi) is 7.00. The number of nitrogens with zero attached hydrogens (tertiary/aromatic N) is 2. The number of nitrogens with one attached hydrogen (secondary N) is 1. The summed E-state index contributed by atoms with van der Waals surface area (Å²) < 4.78 is 32.2. The second kappa shape index (κ2) is 9.20. The van der Waals surface area contributed by atoms with Crippen molar-refractivity contribution in [3.8, 4) is 0 Å². The molecular formula is C20H23Cl2N3O5S. The van der Waals surface area contributed by atoms with Gasteiger partial charge < -0.3 is 14.6 Å². The van der Waals surface area contributed by atoms with E-state index in [-0.39, 0.29) is 53.6 Å². The minimum atomic E-state index is -3.76. The maximum Gasteiger partial charge on any atom is 0.340 e. The van der Waals surface area contributed by atoms with Gasteiger partial charge in [0.25, 0.3) is 5.91 Å². The number of halogens is 2. The van der Waals surface area contributed by atoms with Crippen LogP contribution < -0.4 is 0 Å². The van der Waals surface area contributed by atoms with Crippen LogP contribution in [0.4, 0.5) is 0 Å². The maximum absolute atomic E-state index is 13.0. The third-order valence-electron chi connectivity index (χ3n) is 5.19. The first kappa shape index (κ1) is 23.6. The Hall–Kier alpha value is -2.07. The van der Waals surface area contributed by atoms with E-state index in [4.69, 9.17) is 27.9 Å². The Morgan fingerprint density at radius 1 is 1.10 bits per heavy atom. The lowest BCUT2D eigenvalue weighted by molar-refractivity contribution is 0.0525. The Bertz CT molecular complexity index is 1120. The highest BCUT2D eigenvalue weighted by molar-refractivity contribution is 7.89. The third kappa shape index (κ3) is 4.59. The van der Waals surface area contributed by atoms with Crippen molar-refractivity contribution in [2.24, 2.45) is 0 Å². The summed E-state index contributed by atoms with van der Waals surface area (Å²) >= 11 is 11.8. The number of hydrogen-bond acceptors (Lipinski definition) is 5. The van der Waals surface area contributed by atoms with Crippen molar-refractivity contribution in [2.75, 3.05) is 32.8 Å². The number of benzene rings is 1. The first-order chi connectivity index (χ1) is 14.6. The number of sulfonamides is 1. The van der Waals surface area contributed by atoms with Crippen molar-refractivity contribution in [3.63, 3.8) is 0 Å². The summed E-state index contributed by atoms with van der Waals surface area (Å²) in [7, 11) is -3.76. The molecule has 0 radical (unpaired) electrons. The Morgan fingerprint density at radius 2 is 1.74 bits per heavy atom. The van der Waals surface area contributed by atoms with Crippen molar-refractivity contribution in [1.29, 1.82) is 0 Å². The van der Waals surface area contributed by atoms with Gasteiger partial charge in [0.05, 0.1) is 27.1 Å². The summed E-state index contributed by atoms with van der Waals surface area (Å²) in [4.78, 5) is 29.8. The summed E-state index contributed by atoms with van der Waals surface area (Å²) in [5.41, 5.74) is 1.74. The first-order valence-corrected chi connectivity index (χ1v) is 11.9. The van der Waals surface area contributed by atoms with Crippen LogP contribution in [0.1, 0.15) is 39.0 Å². The molecule has 0 saturated carbocycles. The fourth-order valence-corrected chi connectivity index (χ4v) is 5.36. The normalized spacial score (nSPS) is 15.2. The number of esters is 1. The van der Waals surface area contributed by atoms with Crippen LogP contribution in [0.3, 0.4) is 0 Å². The summed E-state index contributed by atoms with van der Waals surface area (Å²) in [6, 6.07) is 4.16. The highest BCUT2D eigenvalue weighted by Crippen LogP contribution is 2.27. The molecule has 0 aliphatic carbocycles. The van der Waals surface area contributed by atoms with Gasteiger partial charge in [-0.05, 0) is 44.5 Å². The number of carbonyl (C=O) groups is 2. The summed E-state index contributed by atoms with van der Waals surface area (Å²) in [6.07, 6.45) is 0. The smallest absolute Gasteiger partial charge is 0.340 e. The molecule has 2 aromatic rings. The molecule has 1 aromatic heterocycles. The Labute approximate surface area is 191 Å². The minimum absolute atomic E-state index is 0.0524. The zero-order valence-electron chi connectivity index (χ0n) is 17.4. The lowest BCUT2D eigenvalue weighted by atomic mass is 10.1. The van der Waals surface area contributed by atoms with Gasteiger partial charge in [-0.3, -0.25) is 4.79 Å². The minimum Gasteiger partial charge on any atom is -0.462 e.